The third-order valence-electron chi connectivity index (χ3n) is 2.98. The van der Waals surface area contributed by atoms with Gasteiger partial charge in [0.25, 0.3) is 0 Å². The summed E-state index contributed by atoms with van der Waals surface area (Å²) in [5.41, 5.74) is -0.708. The van der Waals surface area contributed by atoms with E-state index >= 15 is 0 Å². The maximum Gasteiger partial charge on any atom is 0.417 e. The van der Waals surface area contributed by atoms with Crippen LogP contribution in [-0.4, -0.2) is 12.0 Å². The minimum absolute atomic E-state index is 0.0484. The number of thiophene rings is 1. The van der Waals surface area contributed by atoms with Crippen LogP contribution < -0.4 is 0 Å². The minimum Gasteiger partial charge on any atom is -0.288 e. The molecule has 0 aliphatic rings. The molecule has 9 heteroatoms. The highest BCUT2D eigenvalue weighted by Gasteiger charge is 2.36. The Morgan fingerprint density at radius 2 is 1.71 bits per heavy atom. The number of carbonyl (C=O) groups is 1. The summed E-state index contributed by atoms with van der Waals surface area (Å²) in [4.78, 5) is 12.4. The van der Waals surface area contributed by atoms with Gasteiger partial charge in [0, 0.05) is 0 Å². The fourth-order valence-corrected chi connectivity index (χ4v) is 3.87. The SMILES string of the molecule is Cc1cc(C(=O)/C=C(\c2cc(Cl)c(Cl)c(Cl)c2)C(F)(F)F)sc1Br. The molecule has 24 heavy (non-hydrogen) atoms. The Bertz CT molecular complexity index is 800. The number of rotatable bonds is 3. The summed E-state index contributed by atoms with van der Waals surface area (Å²) >= 11 is 21.6. The van der Waals surface area contributed by atoms with Crippen LogP contribution in [0.15, 0.2) is 28.1 Å². The number of allylic oxidation sites excluding steroid dienone is 2. The number of hydrogen-bond donors (Lipinski definition) is 0. The van der Waals surface area contributed by atoms with Crippen molar-refractivity contribution in [3.63, 3.8) is 0 Å². The van der Waals surface area contributed by atoms with Crippen molar-refractivity contribution in [1.82, 2.24) is 0 Å². The summed E-state index contributed by atoms with van der Waals surface area (Å²) in [5, 5.41) is -0.305. The second-order valence-corrected chi connectivity index (χ2v) is 8.30. The van der Waals surface area contributed by atoms with Crippen molar-refractivity contribution in [1.29, 1.82) is 0 Å². The van der Waals surface area contributed by atoms with Gasteiger partial charge in [0.1, 0.15) is 0 Å². The van der Waals surface area contributed by atoms with E-state index in [0.29, 0.717) is 9.86 Å². The predicted octanol–water partition coefficient (Wildman–Crippen LogP) is 7.61. The molecule has 0 fully saturated rings. The molecular formula is C15H7BrCl3F3OS. The molecule has 0 N–H and O–H groups in total. The van der Waals surface area contributed by atoms with Gasteiger partial charge in [-0.1, -0.05) is 34.8 Å². The van der Waals surface area contributed by atoms with Crippen molar-refractivity contribution < 1.29 is 18.0 Å². The smallest absolute Gasteiger partial charge is 0.288 e. The molecule has 128 valence electrons. The number of halogens is 7. The Balaban J connectivity index is 2.55. The van der Waals surface area contributed by atoms with Gasteiger partial charge >= 0.3 is 6.18 Å². The molecule has 1 nitrogen and oxygen atoms in total. The lowest BCUT2D eigenvalue weighted by Gasteiger charge is -2.13. The molecule has 0 atom stereocenters. The zero-order valence-electron chi connectivity index (χ0n) is 11.8. The van der Waals surface area contributed by atoms with Crippen molar-refractivity contribution >= 4 is 73.4 Å². The molecule has 1 aromatic carbocycles. The molecule has 0 aliphatic carbocycles. The van der Waals surface area contributed by atoms with Crippen LogP contribution in [-0.2, 0) is 0 Å². The molecule has 0 unspecified atom stereocenters. The molecule has 0 bridgehead atoms. The maximum atomic E-state index is 13.4. The summed E-state index contributed by atoms with van der Waals surface area (Å²) < 4.78 is 40.8. The first kappa shape index (κ1) is 19.8. The predicted molar refractivity (Wildman–Crippen MR) is 96.6 cm³/mol. The van der Waals surface area contributed by atoms with Crippen molar-refractivity contribution in [3.8, 4) is 0 Å². The van der Waals surface area contributed by atoms with E-state index < -0.39 is 17.5 Å². The molecule has 0 spiro atoms. The van der Waals surface area contributed by atoms with Gasteiger partial charge in [-0.05, 0) is 58.3 Å². The molecule has 0 amide bonds. The largest absolute Gasteiger partial charge is 0.417 e. The van der Waals surface area contributed by atoms with Crippen LogP contribution in [0.1, 0.15) is 20.8 Å². The van der Waals surface area contributed by atoms with Crippen LogP contribution in [0.3, 0.4) is 0 Å². The van der Waals surface area contributed by atoms with Gasteiger partial charge in [-0.25, -0.2) is 0 Å². The molecule has 1 heterocycles. The molecule has 0 saturated heterocycles. The third-order valence-corrected chi connectivity index (χ3v) is 6.32. The number of carbonyl (C=O) groups excluding carboxylic acids is 1. The Morgan fingerprint density at radius 1 is 1.17 bits per heavy atom. The second kappa shape index (κ2) is 7.38. The fraction of sp³-hybridized carbons (Fsp3) is 0.133. The van der Waals surface area contributed by atoms with Gasteiger partial charge in [0.2, 0.25) is 0 Å². The fourth-order valence-electron chi connectivity index (χ4n) is 1.82. The van der Waals surface area contributed by atoms with Gasteiger partial charge < -0.3 is 0 Å². The van der Waals surface area contributed by atoms with E-state index in [-0.39, 0.29) is 25.5 Å². The second-order valence-electron chi connectivity index (χ2n) is 4.74. The number of benzene rings is 1. The van der Waals surface area contributed by atoms with E-state index in [4.69, 9.17) is 34.8 Å². The molecule has 0 aliphatic heterocycles. The molecule has 0 radical (unpaired) electrons. The van der Waals surface area contributed by atoms with E-state index in [1.54, 1.807) is 6.92 Å². The van der Waals surface area contributed by atoms with Crippen LogP contribution in [0, 0.1) is 6.92 Å². The monoisotopic (exact) mass is 476 g/mol. The van der Waals surface area contributed by atoms with Crippen LogP contribution in [0.5, 0.6) is 0 Å². The molecule has 2 aromatic rings. The summed E-state index contributed by atoms with van der Waals surface area (Å²) in [6.45, 7) is 1.74. The lowest BCUT2D eigenvalue weighted by atomic mass is 10.0. The molecule has 1 aromatic heterocycles. The third kappa shape index (κ3) is 4.35. The van der Waals surface area contributed by atoms with Crippen LogP contribution in [0.2, 0.25) is 15.1 Å². The van der Waals surface area contributed by atoms with Crippen molar-refractivity contribution in [3.05, 3.63) is 59.1 Å². The Labute approximate surface area is 163 Å². The Kier molecular flexibility index (Phi) is 6.08. The Hall–Kier alpha value is -0.530. The van der Waals surface area contributed by atoms with Gasteiger partial charge in [-0.2, -0.15) is 13.2 Å². The average molecular weight is 479 g/mol. The zero-order valence-corrected chi connectivity index (χ0v) is 16.4. The van der Waals surface area contributed by atoms with Crippen LogP contribution >= 0.6 is 62.1 Å². The van der Waals surface area contributed by atoms with Gasteiger partial charge in [0.15, 0.2) is 5.78 Å². The topological polar surface area (TPSA) is 17.1 Å². The summed E-state index contributed by atoms with van der Waals surface area (Å²) in [6, 6.07) is 3.57. The average Bonchev–Trinajstić information content (AvgIpc) is 2.80. The minimum atomic E-state index is -4.76. The highest BCUT2D eigenvalue weighted by molar-refractivity contribution is 9.11. The molecule has 0 saturated carbocycles. The quantitative estimate of drug-likeness (QED) is 0.252. The maximum absolute atomic E-state index is 13.4. The zero-order chi connectivity index (χ0) is 18.2. The van der Waals surface area contributed by atoms with Crippen LogP contribution in [0.4, 0.5) is 13.2 Å². The standard InChI is InChI=1S/C15H7BrCl3F3OS/c1-6-2-12(24-14(6)16)11(23)5-8(15(20,21)22)7-3-9(17)13(19)10(18)4-7/h2-5H,1H3/b8-5+. The van der Waals surface area contributed by atoms with E-state index in [2.05, 4.69) is 15.9 Å². The summed E-state index contributed by atoms with van der Waals surface area (Å²) in [6.07, 6.45) is -4.23. The van der Waals surface area contributed by atoms with Crippen molar-refractivity contribution in [2.75, 3.05) is 0 Å². The van der Waals surface area contributed by atoms with E-state index in [9.17, 15) is 18.0 Å². The van der Waals surface area contributed by atoms with Gasteiger partial charge in [-0.3, -0.25) is 4.79 Å². The highest BCUT2D eigenvalue weighted by atomic mass is 79.9. The van der Waals surface area contributed by atoms with Crippen LogP contribution in [0.25, 0.3) is 5.57 Å². The molecule has 2 rings (SSSR count). The lowest BCUT2D eigenvalue weighted by Crippen LogP contribution is -2.12. The number of ketones is 1. The summed E-state index contributed by atoms with van der Waals surface area (Å²) in [5.74, 6) is -0.761. The lowest BCUT2D eigenvalue weighted by molar-refractivity contribution is -0.0689. The Morgan fingerprint density at radius 3 is 2.12 bits per heavy atom. The number of aryl methyl sites for hydroxylation is 1. The van der Waals surface area contributed by atoms with Gasteiger partial charge in [0.05, 0.1) is 29.3 Å². The first-order chi connectivity index (χ1) is 11.0. The first-order valence-corrected chi connectivity index (χ1v) is 8.99. The first-order valence-electron chi connectivity index (χ1n) is 6.24. The van der Waals surface area contributed by atoms with E-state index in [1.165, 1.54) is 6.07 Å². The molecular weight excluding hydrogens is 471 g/mol. The van der Waals surface area contributed by atoms with E-state index in [0.717, 1.165) is 29.0 Å². The normalized spacial score (nSPS) is 12.6. The highest BCUT2D eigenvalue weighted by Crippen LogP contribution is 2.40. The number of hydrogen-bond acceptors (Lipinski definition) is 2. The van der Waals surface area contributed by atoms with Crippen molar-refractivity contribution in [2.45, 2.75) is 13.1 Å². The number of alkyl halides is 3. The van der Waals surface area contributed by atoms with Crippen molar-refractivity contribution in [2.24, 2.45) is 0 Å². The summed E-state index contributed by atoms with van der Waals surface area (Å²) in [7, 11) is 0. The van der Waals surface area contributed by atoms with Gasteiger partial charge in [-0.15, -0.1) is 11.3 Å². The van der Waals surface area contributed by atoms with E-state index in [1.807, 2.05) is 0 Å².